The molecule has 2 aromatic rings. The predicted molar refractivity (Wildman–Crippen MR) is 86.9 cm³/mol. The summed E-state index contributed by atoms with van der Waals surface area (Å²) in [5.41, 5.74) is 0.833. The Morgan fingerprint density at radius 2 is 2.22 bits per heavy atom. The number of aliphatic carboxylic acids is 1. The molecule has 2 N–H and O–H groups in total. The fraction of sp³-hybridized carbons (Fsp3) is 0.312. The van der Waals surface area contributed by atoms with Crippen molar-refractivity contribution in [1.29, 1.82) is 0 Å². The van der Waals surface area contributed by atoms with Crippen LogP contribution in [0.4, 0.5) is 0 Å². The van der Waals surface area contributed by atoms with Crippen molar-refractivity contribution in [2.75, 3.05) is 6.61 Å². The number of hydrogen-bond donors (Lipinski definition) is 2. The van der Waals surface area contributed by atoms with Crippen LogP contribution < -0.4 is 10.1 Å². The second kappa shape index (κ2) is 8.28. The van der Waals surface area contributed by atoms with Crippen LogP contribution in [0.5, 0.6) is 5.75 Å². The Morgan fingerprint density at radius 3 is 2.96 bits per heavy atom. The molecule has 23 heavy (non-hydrogen) atoms. The van der Waals surface area contributed by atoms with E-state index in [9.17, 15) is 9.59 Å². The van der Waals surface area contributed by atoms with Gasteiger partial charge in [-0.1, -0.05) is 19.1 Å². The third-order valence-corrected chi connectivity index (χ3v) is 4.01. The molecule has 0 aliphatic rings. The van der Waals surface area contributed by atoms with Gasteiger partial charge in [0.15, 0.2) is 6.61 Å². The predicted octanol–water partition coefficient (Wildman–Crippen LogP) is 2.49. The van der Waals surface area contributed by atoms with Crippen molar-refractivity contribution in [2.45, 2.75) is 26.3 Å². The summed E-state index contributed by atoms with van der Waals surface area (Å²) < 4.78 is 5.11. The maximum absolute atomic E-state index is 12.1. The lowest BCUT2D eigenvalue weighted by Gasteiger charge is -2.07. The van der Waals surface area contributed by atoms with E-state index in [1.165, 1.54) is 11.3 Å². The number of benzene rings is 1. The molecule has 1 aromatic carbocycles. The SMILES string of the molecule is CCCc1ncc(C(=O)NCc2cccc(OCC(=O)O)c2)s1. The maximum atomic E-state index is 12.1. The van der Waals surface area contributed by atoms with E-state index in [1.54, 1.807) is 24.4 Å². The lowest BCUT2D eigenvalue weighted by molar-refractivity contribution is -0.139. The Balaban J connectivity index is 1.90. The van der Waals surface area contributed by atoms with Gasteiger partial charge >= 0.3 is 5.97 Å². The smallest absolute Gasteiger partial charge is 0.341 e. The van der Waals surface area contributed by atoms with Crippen LogP contribution >= 0.6 is 11.3 Å². The largest absolute Gasteiger partial charge is 0.482 e. The molecule has 0 radical (unpaired) electrons. The minimum absolute atomic E-state index is 0.165. The zero-order chi connectivity index (χ0) is 16.7. The Bertz CT molecular complexity index is 684. The van der Waals surface area contributed by atoms with Crippen LogP contribution in [0.25, 0.3) is 0 Å². The number of aryl methyl sites for hydroxylation is 1. The van der Waals surface area contributed by atoms with Gasteiger partial charge in [0.05, 0.1) is 11.2 Å². The fourth-order valence-electron chi connectivity index (χ4n) is 1.90. The number of aromatic nitrogens is 1. The molecule has 7 heteroatoms. The highest BCUT2D eigenvalue weighted by Gasteiger charge is 2.10. The van der Waals surface area contributed by atoms with Crippen molar-refractivity contribution in [3.05, 3.63) is 45.9 Å². The Morgan fingerprint density at radius 1 is 1.39 bits per heavy atom. The molecule has 0 bridgehead atoms. The summed E-state index contributed by atoms with van der Waals surface area (Å²) in [5.74, 6) is -0.735. The molecule has 0 saturated carbocycles. The fourth-order valence-corrected chi connectivity index (χ4v) is 2.84. The normalized spacial score (nSPS) is 10.3. The number of ether oxygens (including phenoxy) is 1. The number of amides is 1. The number of carboxylic acids is 1. The van der Waals surface area contributed by atoms with Gasteiger partial charge in [-0.3, -0.25) is 4.79 Å². The molecule has 1 amide bonds. The van der Waals surface area contributed by atoms with Crippen LogP contribution in [0.15, 0.2) is 30.5 Å². The summed E-state index contributed by atoms with van der Waals surface area (Å²) in [6, 6.07) is 6.97. The van der Waals surface area contributed by atoms with Gasteiger partial charge in [-0.05, 0) is 30.5 Å². The van der Waals surface area contributed by atoms with E-state index in [-0.39, 0.29) is 5.91 Å². The first-order valence-corrected chi connectivity index (χ1v) is 8.06. The monoisotopic (exact) mass is 334 g/mol. The number of nitrogens with one attached hydrogen (secondary N) is 1. The number of thiazole rings is 1. The number of carboxylic acid groups (broad SMARTS) is 1. The first-order valence-electron chi connectivity index (χ1n) is 7.25. The third kappa shape index (κ3) is 5.37. The molecular weight excluding hydrogens is 316 g/mol. The minimum atomic E-state index is -1.03. The quantitative estimate of drug-likeness (QED) is 0.774. The van der Waals surface area contributed by atoms with E-state index in [4.69, 9.17) is 9.84 Å². The second-order valence-electron chi connectivity index (χ2n) is 4.88. The van der Waals surface area contributed by atoms with E-state index < -0.39 is 12.6 Å². The van der Waals surface area contributed by atoms with E-state index >= 15 is 0 Å². The summed E-state index contributed by atoms with van der Waals surface area (Å²) in [7, 11) is 0. The zero-order valence-electron chi connectivity index (χ0n) is 12.7. The first kappa shape index (κ1) is 17.0. The molecule has 0 spiro atoms. The molecule has 0 saturated heterocycles. The topological polar surface area (TPSA) is 88.5 Å². The van der Waals surface area contributed by atoms with Gasteiger partial charge in [-0.15, -0.1) is 11.3 Å². The van der Waals surface area contributed by atoms with Gasteiger partial charge in [-0.2, -0.15) is 0 Å². The average molecular weight is 334 g/mol. The molecule has 122 valence electrons. The van der Waals surface area contributed by atoms with E-state index in [0.29, 0.717) is 17.2 Å². The third-order valence-electron chi connectivity index (χ3n) is 2.96. The van der Waals surface area contributed by atoms with Gasteiger partial charge < -0.3 is 15.2 Å². The highest BCUT2D eigenvalue weighted by molar-refractivity contribution is 7.13. The lowest BCUT2D eigenvalue weighted by Crippen LogP contribution is -2.21. The van der Waals surface area contributed by atoms with E-state index in [0.717, 1.165) is 23.4 Å². The molecule has 1 aromatic heterocycles. The van der Waals surface area contributed by atoms with Crippen LogP contribution in [-0.4, -0.2) is 28.6 Å². The van der Waals surface area contributed by atoms with Crippen molar-refractivity contribution in [1.82, 2.24) is 10.3 Å². The average Bonchev–Trinajstić information content (AvgIpc) is 3.00. The highest BCUT2D eigenvalue weighted by atomic mass is 32.1. The Kier molecular flexibility index (Phi) is 6.10. The van der Waals surface area contributed by atoms with Gasteiger partial charge in [-0.25, -0.2) is 9.78 Å². The van der Waals surface area contributed by atoms with Crippen LogP contribution in [-0.2, 0) is 17.8 Å². The number of carbonyl (C=O) groups is 2. The molecule has 0 aliphatic carbocycles. The molecule has 0 fully saturated rings. The zero-order valence-corrected chi connectivity index (χ0v) is 13.6. The van der Waals surface area contributed by atoms with E-state index in [2.05, 4.69) is 17.2 Å². The van der Waals surface area contributed by atoms with Gasteiger partial charge in [0.1, 0.15) is 10.6 Å². The van der Waals surface area contributed by atoms with Crippen molar-refractivity contribution < 1.29 is 19.4 Å². The molecule has 6 nitrogen and oxygen atoms in total. The molecule has 0 unspecified atom stereocenters. The Hall–Kier alpha value is -2.41. The summed E-state index contributed by atoms with van der Waals surface area (Å²) in [5, 5.41) is 12.4. The molecule has 0 aliphatic heterocycles. The molecule has 2 rings (SSSR count). The van der Waals surface area contributed by atoms with Gasteiger partial charge in [0, 0.05) is 6.54 Å². The molecule has 0 atom stereocenters. The van der Waals surface area contributed by atoms with Crippen LogP contribution in [0.1, 0.15) is 33.6 Å². The number of hydrogen-bond acceptors (Lipinski definition) is 5. The lowest BCUT2D eigenvalue weighted by atomic mass is 10.2. The van der Waals surface area contributed by atoms with Crippen LogP contribution in [0.3, 0.4) is 0 Å². The highest BCUT2D eigenvalue weighted by Crippen LogP contribution is 2.16. The van der Waals surface area contributed by atoms with E-state index in [1.807, 2.05) is 6.07 Å². The number of rotatable bonds is 8. The van der Waals surface area contributed by atoms with Gasteiger partial charge in [0.25, 0.3) is 5.91 Å². The van der Waals surface area contributed by atoms with Crippen LogP contribution in [0.2, 0.25) is 0 Å². The summed E-state index contributed by atoms with van der Waals surface area (Å²) in [6.45, 7) is 2.02. The summed E-state index contributed by atoms with van der Waals surface area (Å²) >= 11 is 1.40. The first-order chi connectivity index (χ1) is 11.1. The Labute approximate surface area is 138 Å². The summed E-state index contributed by atoms with van der Waals surface area (Å²) in [4.78, 5) is 27.4. The van der Waals surface area contributed by atoms with Crippen LogP contribution in [0, 0.1) is 0 Å². The standard InChI is InChI=1S/C16H18N2O4S/c1-2-4-14-17-9-13(23-14)16(21)18-8-11-5-3-6-12(7-11)22-10-15(19)20/h3,5-7,9H,2,4,8,10H2,1H3,(H,18,21)(H,19,20). The van der Waals surface area contributed by atoms with Crippen molar-refractivity contribution >= 4 is 23.2 Å². The number of carbonyl (C=O) groups excluding carboxylic acids is 1. The molecule has 1 heterocycles. The molecular formula is C16H18N2O4S. The minimum Gasteiger partial charge on any atom is -0.482 e. The second-order valence-corrected chi connectivity index (χ2v) is 6.00. The van der Waals surface area contributed by atoms with Crippen molar-refractivity contribution in [3.8, 4) is 5.75 Å². The van der Waals surface area contributed by atoms with Crippen molar-refractivity contribution in [3.63, 3.8) is 0 Å². The summed E-state index contributed by atoms with van der Waals surface area (Å²) in [6.07, 6.45) is 3.47. The van der Waals surface area contributed by atoms with Gasteiger partial charge in [0.2, 0.25) is 0 Å². The number of nitrogens with zero attached hydrogens (tertiary/aromatic N) is 1. The van der Waals surface area contributed by atoms with Crippen molar-refractivity contribution in [2.24, 2.45) is 0 Å². The maximum Gasteiger partial charge on any atom is 0.341 e.